The molecule has 2 heterocycles. The van der Waals surface area contributed by atoms with E-state index in [1.165, 1.54) is 19.3 Å². The molecular formula is C17H22N4O2. The van der Waals surface area contributed by atoms with Gasteiger partial charge in [-0.05, 0) is 45.0 Å². The van der Waals surface area contributed by atoms with Crippen molar-refractivity contribution in [3.63, 3.8) is 0 Å². The number of esters is 1. The summed E-state index contributed by atoms with van der Waals surface area (Å²) in [6.07, 6.45) is 5.38. The number of nitrogens with zero attached hydrogens (tertiary/aromatic N) is 4. The second kappa shape index (κ2) is 7.37. The Hall–Kier alpha value is -2.21. The SMILES string of the molecule is CCOC(=O)C(=Cn1nnc2ccccc21)CN1CCCCC1. The van der Waals surface area contributed by atoms with Gasteiger partial charge in [0, 0.05) is 12.7 Å². The van der Waals surface area contributed by atoms with Crippen LogP contribution in [0.25, 0.3) is 17.2 Å². The lowest BCUT2D eigenvalue weighted by molar-refractivity contribution is -0.138. The Morgan fingerprint density at radius 2 is 2.04 bits per heavy atom. The van der Waals surface area contributed by atoms with Gasteiger partial charge in [-0.1, -0.05) is 23.8 Å². The molecule has 1 aromatic carbocycles. The zero-order valence-corrected chi connectivity index (χ0v) is 13.4. The Balaban J connectivity index is 1.88. The number of carbonyl (C=O) groups excluding carboxylic acids is 1. The van der Waals surface area contributed by atoms with Crippen molar-refractivity contribution in [1.29, 1.82) is 0 Å². The van der Waals surface area contributed by atoms with Crippen LogP contribution in [0.4, 0.5) is 0 Å². The Labute approximate surface area is 135 Å². The Kier molecular flexibility index (Phi) is 5.02. The van der Waals surface area contributed by atoms with Crippen LogP contribution < -0.4 is 0 Å². The maximum Gasteiger partial charge on any atom is 0.336 e. The lowest BCUT2D eigenvalue weighted by Crippen LogP contribution is -2.33. The van der Waals surface area contributed by atoms with Crippen LogP contribution in [-0.2, 0) is 9.53 Å². The van der Waals surface area contributed by atoms with Gasteiger partial charge < -0.3 is 4.74 Å². The van der Waals surface area contributed by atoms with Crippen molar-refractivity contribution >= 4 is 23.2 Å². The van der Waals surface area contributed by atoms with Crippen LogP contribution in [0.5, 0.6) is 0 Å². The summed E-state index contributed by atoms with van der Waals surface area (Å²) in [6, 6.07) is 7.70. The Morgan fingerprint density at radius 1 is 1.26 bits per heavy atom. The first-order valence-corrected chi connectivity index (χ1v) is 8.18. The van der Waals surface area contributed by atoms with E-state index < -0.39 is 0 Å². The topological polar surface area (TPSA) is 60.3 Å². The zero-order valence-electron chi connectivity index (χ0n) is 13.4. The predicted octanol–water partition coefficient (Wildman–Crippen LogP) is 2.32. The molecule has 1 saturated heterocycles. The quantitative estimate of drug-likeness (QED) is 0.626. The fourth-order valence-corrected chi connectivity index (χ4v) is 2.87. The third-order valence-electron chi connectivity index (χ3n) is 4.04. The van der Waals surface area contributed by atoms with Crippen LogP contribution in [0.2, 0.25) is 0 Å². The number of fused-ring (bicyclic) bond motifs is 1. The lowest BCUT2D eigenvalue weighted by Gasteiger charge is -2.26. The average Bonchev–Trinajstić information content (AvgIpc) is 2.99. The highest BCUT2D eigenvalue weighted by Gasteiger charge is 2.18. The maximum atomic E-state index is 12.3. The molecular weight excluding hydrogens is 292 g/mol. The molecule has 1 aliphatic heterocycles. The molecule has 6 nitrogen and oxygen atoms in total. The second-order valence-corrected chi connectivity index (χ2v) is 5.73. The van der Waals surface area contributed by atoms with Crippen molar-refractivity contribution in [2.24, 2.45) is 0 Å². The van der Waals surface area contributed by atoms with Gasteiger partial charge in [-0.3, -0.25) is 4.90 Å². The number of hydrogen-bond acceptors (Lipinski definition) is 5. The van der Waals surface area contributed by atoms with E-state index in [4.69, 9.17) is 4.74 Å². The summed E-state index contributed by atoms with van der Waals surface area (Å²) in [5.74, 6) is -0.280. The van der Waals surface area contributed by atoms with E-state index in [9.17, 15) is 4.79 Å². The normalized spacial score (nSPS) is 16.7. The van der Waals surface area contributed by atoms with E-state index in [0.29, 0.717) is 18.7 Å². The molecule has 0 bridgehead atoms. The summed E-state index contributed by atoms with van der Waals surface area (Å²) in [6.45, 7) is 4.83. The number of para-hydroxylation sites is 1. The van der Waals surface area contributed by atoms with Crippen molar-refractivity contribution < 1.29 is 9.53 Å². The molecule has 23 heavy (non-hydrogen) atoms. The van der Waals surface area contributed by atoms with Gasteiger partial charge in [0.25, 0.3) is 0 Å². The monoisotopic (exact) mass is 314 g/mol. The predicted molar refractivity (Wildman–Crippen MR) is 88.7 cm³/mol. The van der Waals surface area contributed by atoms with Gasteiger partial charge >= 0.3 is 5.97 Å². The average molecular weight is 314 g/mol. The van der Waals surface area contributed by atoms with Crippen molar-refractivity contribution in [1.82, 2.24) is 19.9 Å². The molecule has 0 saturated carbocycles. The molecule has 0 spiro atoms. The molecule has 0 N–H and O–H groups in total. The Morgan fingerprint density at radius 3 is 2.83 bits per heavy atom. The molecule has 6 heteroatoms. The largest absolute Gasteiger partial charge is 0.463 e. The van der Waals surface area contributed by atoms with Crippen molar-refractivity contribution in [2.75, 3.05) is 26.2 Å². The Bertz CT molecular complexity index is 701. The van der Waals surface area contributed by atoms with Gasteiger partial charge in [0.2, 0.25) is 0 Å². The van der Waals surface area contributed by atoms with E-state index in [1.54, 1.807) is 10.9 Å². The molecule has 1 aliphatic rings. The van der Waals surface area contributed by atoms with Gasteiger partial charge in [-0.15, -0.1) is 5.10 Å². The van der Waals surface area contributed by atoms with E-state index in [-0.39, 0.29) is 5.97 Å². The third-order valence-corrected chi connectivity index (χ3v) is 4.04. The van der Waals surface area contributed by atoms with Crippen LogP contribution in [0.15, 0.2) is 29.8 Å². The molecule has 0 atom stereocenters. The molecule has 3 rings (SSSR count). The van der Waals surface area contributed by atoms with Gasteiger partial charge in [0.15, 0.2) is 0 Å². The smallest absolute Gasteiger partial charge is 0.336 e. The number of hydrogen-bond donors (Lipinski definition) is 0. The van der Waals surface area contributed by atoms with Crippen LogP contribution in [0, 0.1) is 0 Å². The van der Waals surface area contributed by atoms with Crippen molar-refractivity contribution in [3.8, 4) is 0 Å². The number of piperidine rings is 1. The minimum absolute atomic E-state index is 0.280. The van der Waals surface area contributed by atoms with Crippen molar-refractivity contribution in [3.05, 3.63) is 29.8 Å². The van der Waals surface area contributed by atoms with E-state index >= 15 is 0 Å². The first-order chi connectivity index (χ1) is 11.3. The summed E-state index contributed by atoms with van der Waals surface area (Å²) in [7, 11) is 0. The molecule has 0 radical (unpaired) electrons. The number of carbonyl (C=O) groups is 1. The molecule has 0 aliphatic carbocycles. The summed E-state index contributed by atoms with van der Waals surface area (Å²) in [5.41, 5.74) is 2.31. The molecule has 122 valence electrons. The zero-order chi connectivity index (χ0) is 16.1. The second-order valence-electron chi connectivity index (χ2n) is 5.73. The number of rotatable bonds is 5. The van der Waals surface area contributed by atoms with E-state index in [0.717, 1.165) is 24.1 Å². The summed E-state index contributed by atoms with van der Waals surface area (Å²) >= 11 is 0. The van der Waals surface area contributed by atoms with Crippen molar-refractivity contribution in [2.45, 2.75) is 26.2 Å². The maximum absolute atomic E-state index is 12.3. The van der Waals surface area contributed by atoms with E-state index in [1.807, 2.05) is 31.2 Å². The third kappa shape index (κ3) is 3.76. The van der Waals surface area contributed by atoms with E-state index in [2.05, 4.69) is 15.2 Å². The number of ether oxygens (including phenoxy) is 1. The molecule has 0 unspecified atom stereocenters. The summed E-state index contributed by atoms with van der Waals surface area (Å²) < 4.78 is 6.87. The van der Waals surface area contributed by atoms with Gasteiger partial charge in [-0.2, -0.15) is 0 Å². The highest BCUT2D eigenvalue weighted by atomic mass is 16.5. The summed E-state index contributed by atoms with van der Waals surface area (Å²) in [4.78, 5) is 14.6. The minimum Gasteiger partial charge on any atom is -0.463 e. The van der Waals surface area contributed by atoms with Gasteiger partial charge in [-0.25, -0.2) is 9.48 Å². The molecule has 1 fully saturated rings. The van der Waals surface area contributed by atoms with Crippen LogP contribution in [0.3, 0.4) is 0 Å². The van der Waals surface area contributed by atoms with Gasteiger partial charge in [0.05, 0.1) is 17.7 Å². The summed E-state index contributed by atoms with van der Waals surface area (Å²) in [5, 5.41) is 8.26. The number of aromatic nitrogens is 3. The van der Waals surface area contributed by atoms with Crippen LogP contribution >= 0.6 is 0 Å². The molecule has 1 aromatic heterocycles. The highest BCUT2D eigenvalue weighted by molar-refractivity contribution is 5.93. The molecule has 0 amide bonds. The first kappa shape index (κ1) is 15.7. The molecule has 2 aromatic rings. The van der Waals surface area contributed by atoms with Crippen LogP contribution in [0.1, 0.15) is 26.2 Å². The standard InChI is InChI=1S/C17H22N4O2/c1-2-23-17(22)14(12-20-10-6-3-7-11-20)13-21-16-9-5-4-8-15(16)18-19-21/h4-5,8-9,13H,2-3,6-7,10-12H2,1H3. The number of likely N-dealkylation sites (tertiary alicyclic amines) is 1. The number of benzene rings is 1. The van der Waals surface area contributed by atoms with Crippen LogP contribution in [-0.4, -0.2) is 52.1 Å². The fraction of sp³-hybridized carbons (Fsp3) is 0.471. The lowest BCUT2D eigenvalue weighted by atomic mass is 10.1. The minimum atomic E-state index is -0.280. The fourth-order valence-electron chi connectivity index (χ4n) is 2.87. The highest BCUT2D eigenvalue weighted by Crippen LogP contribution is 2.15. The van der Waals surface area contributed by atoms with Gasteiger partial charge in [0.1, 0.15) is 5.52 Å². The first-order valence-electron chi connectivity index (χ1n) is 8.18.